The standard InChI is InChI=1S/C40H54N4O/c1-6-13-31(7-2)38-36-17-16-33(40(45)41-18-21-42-19-11-8-12-20-42)24-37(36)44-27-34(23-32-14-9-10-15-35(32)39(38)44)30(5)43-25-28(3)22-29(4)26-43/h9-10,14-17,23-24,28-29,31H,5-8,11-13,18-22,25-27H2,1-4H3,(H,41,45)/t28-,29+,31?. The number of aromatic nitrogens is 1. The van der Waals surface area contributed by atoms with E-state index >= 15 is 0 Å². The highest BCUT2D eigenvalue weighted by molar-refractivity contribution is 6.01. The van der Waals surface area contributed by atoms with Gasteiger partial charge < -0.3 is 19.7 Å². The van der Waals surface area contributed by atoms with Crippen LogP contribution in [0.25, 0.3) is 28.2 Å². The summed E-state index contributed by atoms with van der Waals surface area (Å²) in [6.07, 6.45) is 10.9. The van der Waals surface area contributed by atoms with E-state index < -0.39 is 0 Å². The zero-order valence-electron chi connectivity index (χ0n) is 28.2. The number of amides is 1. The van der Waals surface area contributed by atoms with Crippen molar-refractivity contribution in [1.29, 1.82) is 0 Å². The van der Waals surface area contributed by atoms with E-state index in [2.05, 4.69) is 95.9 Å². The molecule has 45 heavy (non-hydrogen) atoms. The van der Waals surface area contributed by atoms with Crippen LogP contribution in [-0.4, -0.2) is 59.5 Å². The zero-order valence-corrected chi connectivity index (χ0v) is 28.2. The van der Waals surface area contributed by atoms with Crippen LogP contribution in [-0.2, 0) is 6.54 Å². The van der Waals surface area contributed by atoms with Crippen LogP contribution < -0.4 is 5.32 Å². The highest BCUT2D eigenvalue weighted by Crippen LogP contribution is 2.45. The molecule has 0 spiro atoms. The first-order valence-electron chi connectivity index (χ1n) is 17.8. The van der Waals surface area contributed by atoms with Gasteiger partial charge in [0.2, 0.25) is 0 Å². The smallest absolute Gasteiger partial charge is 0.251 e. The van der Waals surface area contributed by atoms with Crippen LogP contribution in [0.4, 0.5) is 0 Å². The van der Waals surface area contributed by atoms with Crippen LogP contribution in [0.2, 0.25) is 0 Å². The van der Waals surface area contributed by atoms with Gasteiger partial charge in [-0.2, -0.15) is 0 Å². The number of likely N-dealkylation sites (tertiary alicyclic amines) is 2. The summed E-state index contributed by atoms with van der Waals surface area (Å²) in [4.78, 5) is 18.5. The minimum Gasteiger partial charge on any atom is -0.371 e. The van der Waals surface area contributed by atoms with Gasteiger partial charge in [-0.05, 0) is 97.9 Å². The van der Waals surface area contributed by atoms with Gasteiger partial charge in [0, 0.05) is 53.9 Å². The predicted molar refractivity (Wildman–Crippen MR) is 190 cm³/mol. The molecule has 3 aliphatic heterocycles. The first kappa shape index (κ1) is 31.7. The van der Waals surface area contributed by atoms with Crippen LogP contribution in [0.3, 0.4) is 0 Å². The third kappa shape index (κ3) is 6.65. The van der Waals surface area contributed by atoms with Crippen LogP contribution in [0.1, 0.15) is 100 Å². The molecule has 3 atom stereocenters. The molecule has 0 bridgehead atoms. The second kappa shape index (κ2) is 14.0. The molecule has 3 aromatic rings. The van der Waals surface area contributed by atoms with E-state index in [0.717, 1.165) is 75.3 Å². The van der Waals surface area contributed by atoms with Gasteiger partial charge >= 0.3 is 0 Å². The van der Waals surface area contributed by atoms with E-state index in [0.29, 0.717) is 24.3 Å². The third-order valence-corrected chi connectivity index (χ3v) is 10.6. The Balaban J connectivity index is 1.41. The molecule has 0 saturated carbocycles. The largest absolute Gasteiger partial charge is 0.371 e. The maximum atomic E-state index is 13.5. The number of hydrogen-bond acceptors (Lipinski definition) is 3. The van der Waals surface area contributed by atoms with Crippen molar-refractivity contribution in [1.82, 2.24) is 19.7 Å². The van der Waals surface area contributed by atoms with Crippen molar-refractivity contribution in [3.05, 3.63) is 77.0 Å². The molecule has 4 heterocycles. The Morgan fingerprint density at radius 2 is 1.78 bits per heavy atom. The molecule has 3 aliphatic rings. The first-order chi connectivity index (χ1) is 21.9. The lowest BCUT2D eigenvalue weighted by Gasteiger charge is -2.38. The molecule has 0 radical (unpaired) electrons. The molecule has 1 amide bonds. The van der Waals surface area contributed by atoms with E-state index in [-0.39, 0.29) is 5.91 Å². The molecule has 1 N–H and O–H groups in total. The third-order valence-electron chi connectivity index (χ3n) is 10.6. The number of piperidine rings is 2. The minimum atomic E-state index is 0.0251. The van der Waals surface area contributed by atoms with Crippen molar-refractivity contribution < 1.29 is 4.79 Å². The fraction of sp³-hybridized carbons (Fsp3) is 0.525. The summed E-state index contributed by atoms with van der Waals surface area (Å²) < 4.78 is 2.52. The van der Waals surface area contributed by atoms with Gasteiger partial charge in [0.05, 0.1) is 12.2 Å². The van der Waals surface area contributed by atoms with Crippen LogP contribution >= 0.6 is 0 Å². The molecular weight excluding hydrogens is 552 g/mol. The number of fused-ring (bicyclic) bond motifs is 5. The fourth-order valence-electron chi connectivity index (χ4n) is 8.40. The highest BCUT2D eigenvalue weighted by Gasteiger charge is 2.30. The highest BCUT2D eigenvalue weighted by atomic mass is 16.1. The molecule has 1 aromatic heterocycles. The number of allylic oxidation sites excluding steroid dienone is 1. The predicted octanol–water partition coefficient (Wildman–Crippen LogP) is 8.71. The summed E-state index contributed by atoms with van der Waals surface area (Å²) >= 11 is 0. The van der Waals surface area contributed by atoms with E-state index in [4.69, 9.17) is 6.58 Å². The molecule has 240 valence electrons. The number of benzene rings is 2. The second-order valence-electron chi connectivity index (χ2n) is 14.2. The fourth-order valence-corrected chi connectivity index (χ4v) is 8.40. The maximum Gasteiger partial charge on any atom is 0.251 e. The summed E-state index contributed by atoms with van der Waals surface area (Å²) in [5.74, 6) is 1.81. The molecule has 5 heteroatoms. The summed E-state index contributed by atoms with van der Waals surface area (Å²) in [6.45, 7) is 20.9. The molecule has 2 aromatic carbocycles. The maximum absolute atomic E-state index is 13.5. The van der Waals surface area contributed by atoms with Gasteiger partial charge in [0.1, 0.15) is 0 Å². The quantitative estimate of drug-likeness (QED) is 0.251. The van der Waals surface area contributed by atoms with Gasteiger partial charge in [-0.1, -0.05) is 77.4 Å². The van der Waals surface area contributed by atoms with Gasteiger partial charge in [0.25, 0.3) is 5.91 Å². The van der Waals surface area contributed by atoms with Crippen molar-refractivity contribution in [2.75, 3.05) is 39.3 Å². The number of nitrogens with one attached hydrogen (secondary N) is 1. The Bertz CT molecular complexity index is 1550. The number of carbonyl (C=O) groups excluding carboxylic acids is 1. The van der Waals surface area contributed by atoms with Gasteiger partial charge in [-0.3, -0.25) is 4.79 Å². The Hall–Kier alpha value is -3.31. The summed E-state index contributed by atoms with van der Waals surface area (Å²) in [5.41, 5.74) is 9.64. The van der Waals surface area contributed by atoms with Crippen molar-refractivity contribution in [3.63, 3.8) is 0 Å². The molecule has 2 saturated heterocycles. The van der Waals surface area contributed by atoms with Gasteiger partial charge in [-0.25, -0.2) is 0 Å². The van der Waals surface area contributed by atoms with Crippen molar-refractivity contribution in [3.8, 4) is 11.3 Å². The van der Waals surface area contributed by atoms with E-state index in [1.807, 2.05) is 0 Å². The average molecular weight is 607 g/mol. The summed E-state index contributed by atoms with van der Waals surface area (Å²) in [6, 6.07) is 15.4. The van der Waals surface area contributed by atoms with Gasteiger partial charge in [-0.15, -0.1) is 0 Å². The number of nitrogens with zero attached hydrogens (tertiary/aromatic N) is 3. The average Bonchev–Trinajstić information content (AvgIpc) is 3.25. The SMILES string of the molecule is C=C(C1=Cc2ccccc2-c2c(C(CC)CCC)c3ccc(C(=O)NCCN4CCCCC4)cc3n2C1)N1C[C@H](C)C[C@H](C)C1. The first-order valence-corrected chi connectivity index (χ1v) is 17.8. The number of hydrogen-bond donors (Lipinski definition) is 1. The Morgan fingerprint density at radius 3 is 2.51 bits per heavy atom. The molecule has 5 nitrogen and oxygen atoms in total. The lowest BCUT2D eigenvalue weighted by molar-refractivity contribution is 0.0946. The second-order valence-corrected chi connectivity index (χ2v) is 14.2. The Kier molecular flexibility index (Phi) is 9.84. The van der Waals surface area contributed by atoms with Crippen LogP contribution in [0, 0.1) is 11.8 Å². The van der Waals surface area contributed by atoms with E-state index in [1.165, 1.54) is 59.0 Å². The lowest BCUT2D eigenvalue weighted by atomic mass is 9.87. The summed E-state index contributed by atoms with van der Waals surface area (Å²) in [7, 11) is 0. The van der Waals surface area contributed by atoms with Crippen molar-refractivity contribution >= 4 is 22.9 Å². The number of carbonyl (C=O) groups is 1. The van der Waals surface area contributed by atoms with Crippen molar-refractivity contribution in [2.45, 2.75) is 85.1 Å². The lowest BCUT2D eigenvalue weighted by Crippen LogP contribution is -2.38. The molecule has 0 aliphatic carbocycles. The molecule has 6 rings (SSSR count). The number of rotatable bonds is 10. The molecule has 1 unspecified atom stereocenters. The zero-order chi connectivity index (χ0) is 31.5. The van der Waals surface area contributed by atoms with Gasteiger partial charge in [0.15, 0.2) is 0 Å². The molecule has 2 fully saturated rings. The summed E-state index contributed by atoms with van der Waals surface area (Å²) in [5, 5.41) is 4.53. The van der Waals surface area contributed by atoms with Crippen molar-refractivity contribution in [2.24, 2.45) is 11.8 Å². The Morgan fingerprint density at radius 1 is 1.02 bits per heavy atom. The normalized spacial score (nSPS) is 21.1. The van der Waals surface area contributed by atoms with E-state index in [9.17, 15) is 4.79 Å². The topological polar surface area (TPSA) is 40.5 Å². The van der Waals surface area contributed by atoms with Crippen LogP contribution in [0.15, 0.2) is 60.3 Å². The minimum absolute atomic E-state index is 0.0251. The van der Waals surface area contributed by atoms with Crippen LogP contribution in [0.5, 0.6) is 0 Å². The Labute approximate surface area is 271 Å². The monoisotopic (exact) mass is 606 g/mol. The van der Waals surface area contributed by atoms with E-state index in [1.54, 1.807) is 0 Å². The molecular formula is C40H54N4O.